The van der Waals surface area contributed by atoms with Crippen LogP contribution in [0, 0.1) is 0 Å². The molecule has 2 heterocycles. The number of thioether (sulfide) groups is 1. The van der Waals surface area contributed by atoms with E-state index < -0.39 is 0 Å². The highest BCUT2D eigenvalue weighted by molar-refractivity contribution is 7.98. The summed E-state index contributed by atoms with van der Waals surface area (Å²) in [7, 11) is 1.38. The minimum absolute atomic E-state index is 0.319. The summed E-state index contributed by atoms with van der Waals surface area (Å²) < 4.78 is 10.1. The molecule has 1 aliphatic heterocycles. The van der Waals surface area contributed by atoms with Crippen LogP contribution in [0.1, 0.15) is 15.9 Å². The van der Waals surface area contributed by atoms with Crippen molar-refractivity contribution in [3.05, 3.63) is 47.8 Å². The molecule has 0 saturated carbocycles. The van der Waals surface area contributed by atoms with E-state index in [1.54, 1.807) is 30.2 Å². The molecule has 0 aliphatic carbocycles. The SMILES string of the molecule is COC(=O)c1ccc(CSc2cc(N3CCOCC3)ncn2)cc1. The van der Waals surface area contributed by atoms with Gasteiger partial charge >= 0.3 is 5.97 Å². The van der Waals surface area contributed by atoms with Crippen LogP contribution in [-0.2, 0) is 15.2 Å². The van der Waals surface area contributed by atoms with Crippen molar-refractivity contribution < 1.29 is 14.3 Å². The lowest BCUT2D eigenvalue weighted by molar-refractivity contribution is 0.0600. The first-order valence-electron chi connectivity index (χ1n) is 7.71. The first-order chi connectivity index (χ1) is 11.8. The number of ether oxygens (including phenoxy) is 2. The highest BCUT2D eigenvalue weighted by atomic mass is 32.2. The topological polar surface area (TPSA) is 64.5 Å². The third-order valence-electron chi connectivity index (χ3n) is 3.72. The molecule has 0 radical (unpaired) electrons. The number of aromatic nitrogens is 2. The van der Waals surface area contributed by atoms with E-state index in [-0.39, 0.29) is 5.97 Å². The number of nitrogens with zero attached hydrogens (tertiary/aromatic N) is 3. The number of carbonyl (C=O) groups is 1. The van der Waals surface area contributed by atoms with Crippen LogP contribution in [-0.4, -0.2) is 49.4 Å². The van der Waals surface area contributed by atoms with E-state index in [1.165, 1.54) is 7.11 Å². The van der Waals surface area contributed by atoms with E-state index in [0.717, 1.165) is 48.5 Å². The van der Waals surface area contributed by atoms with Gasteiger partial charge in [0.05, 0.1) is 25.9 Å². The number of anilines is 1. The summed E-state index contributed by atoms with van der Waals surface area (Å²) in [5.41, 5.74) is 1.68. The van der Waals surface area contributed by atoms with Crippen LogP contribution in [0.5, 0.6) is 0 Å². The predicted molar refractivity (Wildman–Crippen MR) is 92.4 cm³/mol. The summed E-state index contributed by atoms with van der Waals surface area (Å²) in [6, 6.07) is 9.44. The van der Waals surface area contributed by atoms with Crippen molar-refractivity contribution in [2.24, 2.45) is 0 Å². The third kappa shape index (κ3) is 4.24. The lowest BCUT2D eigenvalue weighted by atomic mass is 10.1. The van der Waals surface area contributed by atoms with Crippen LogP contribution < -0.4 is 4.90 Å². The van der Waals surface area contributed by atoms with Gasteiger partial charge in [0, 0.05) is 24.9 Å². The molecule has 126 valence electrons. The Bertz CT molecular complexity index is 688. The molecule has 1 saturated heterocycles. The summed E-state index contributed by atoms with van der Waals surface area (Å²) in [4.78, 5) is 22.3. The summed E-state index contributed by atoms with van der Waals surface area (Å²) in [6.07, 6.45) is 1.60. The van der Waals surface area contributed by atoms with Gasteiger partial charge in [-0.2, -0.15) is 0 Å². The van der Waals surface area contributed by atoms with E-state index in [1.807, 2.05) is 18.2 Å². The summed E-state index contributed by atoms with van der Waals surface area (Å²) in [5, 5.41) is 0.934. The number of benzene rings is 1. The Morgan fingerprint density at radius 3 is 2.71 bits per heavy atom. The van der Waals surface area contributed by atoms with Crippen molar-refractivity contribution in [1.82, 2.24) is 9.97 Å². The maximum absolute atomic E-state index is 11.4. The molecule has 0 N–H and O–H groups in total. The number of methoxy groups -OCH3 is 1. The fourth-order valence-corrected chi connectivity index (χ4v) is 3.20. The molecule has 0 unspecified atom stereocenters. The van der Waals surface area contributed by atoms with Gasteiger partial charge in [-0.1, -0.05) is 12.1 Å². The third-order valence-corrected chi connectivity index (χ3v) is 4.72. The average Bonchev–Trinajstić information content (AvgIpc) is 2.67. The van der Waals surface area contributed by atoms with Crippen LogP contribution in [0.2, 0.25) is 0 Å². The quantitative estimate of drug-likeness (QED) is 0.468. The second kappa shape index (κ2) is 8.12. The van der Waals surface area contributed by atoms with Gasteiger partial charge < -0.3 is 14.4 Å². The molecule has 0 amide bonds. The number of hydrogen-bond acceptors (Lipinski definition) is 7. The van der Waals surface area contributed by atoms with Crippen LogP contribution >= 0.6 is 11.8 Å². The van der Waals surface area contributed by atoms with Crippen molar-refractivity contribution in [2.45, 2.75) is 10.8 Å². The molecule has 2 aromatic rings. The van der Waals surface area contributed by atoms with Crippen molar-refractivity contribution in [3.63, 3.8) is 0 Å². The molecule has 1 aromatic heterocycles. The minimum Gasteiger partial charge on any atom is -0.465 e. The largest absolute Gasteiger partial charge is 0.465 e. The lowest BCUT2D eigenvalue weighted by Gasteiger charge is -2.27. The molecule has 6 nitrogen and oxygen atoms in total. The predicted octanol–water partition coefficient (Wildman–Crippen LogP) is 2.39. The molecule has 0 bridgehead atoms. The molecule has 1 aliphatic rings. The van der Waals surface area contributed by atoms with Crippen LogP contribution in [0.15, 0.2) is 41.7 Å². The van der Waals surface area contributed by atoms with E-state index in [2.05, 4.69) is 14.9 Å². The summed E-state index contributed by atoms with van der Waals surface area (Å²) in [6.45, 7) is 3.18. The summed E-state index contributed by atoms with van der Waals surface area (Å²) >= 11 is 1.65. The highest BCUT2D eigenvalue weighted by Crippen LogP contribution is 2.24. The molecule has 3 rings (SSSR count). The van der Waals surface area contributed by atoms with Gasteiger partial charge in [-0.3, -0.25) is 0 Å². The zero-order valence-corrected chi connectivity index (χ0v) is 14.3. The van der Waals surface area contributed by atoms with E-state index in [9.17, 15) is 4.79 Å². The number of rotatable bonds is 5. The van der Waals surface area contributed by atoms with Crippen LogP contribution in [0.4, 0.5) is 5.82 Å². The zero-order chi connectivity index (χ0) is 16.8. The number of hydrogen-bond donors (Lipinski definition) is 0. The Morgan fingerprint density at radius 2 is 2.00 bits per heavy atom. The Morgan fingerprint density at radius 1 is 1.25 bits per heavy atom. The van der Waals surface area contributed by atoms with Crippen molar-refractivity contribution in [1.29, 1.82) is 0 Å². The summed E-state index contributed by atoms with van der Waals surface area (Å²) in [5.74, 6) is 1.40. The van der Waals surface area contributed by atoms with E-state index >= 15 is 0 Å². The zero-order valence-electron chi connectivity index (χ0n) is 13.5. The van der Waals surface area contributed by atoms with Gasteiger partial charge in [0.15, 0.2) is 0 Å². The molecular formula is C17H19N3O3S. The number of morpholine rings is 1. The van der Waals surface area contributed by atoms with Gasteiger partial charge in [0.25, 0.3) is 0 Å². The van der Waals surface area contributed by atoms with E-state index in [4.69, 9.17) is 9.47 Å². The van der Waals surface area contributed by atoms with Crippen LogP contribution in [0.3, 0.4) is 0 Å². The monoisotopic (exact) mass is 345 g/mol. The minimum atomic E-state index is -0.319. The Hall–Kier alpha value is -2.12. The molecule has 24 heavy (non-hydrogen) atoms. The van der Waals surface area contributed by atoms with Gasteiger partial charge in [-0.05, 0) is 17.7 Å². The fraction of sp³-hybridized carbons (Fsp3) is 0.353. The Kier molecular flexibility index (Phi) is 5.66. The van der Waals surface area contributed by atoms with Crippen LogP contribution in [0.25, 0.3) is 0 Å². The fourth-order valence-electron chi connectivity index (χ4n) is 2.39. The first kappa shape index (κ1) is 16.7. The van der Waals surface area contributed by atoms with Crippen molar-refractivity contribution in [3.8, 4) is 0 Å². The maximum Gasteiger partial charge on any atom is 0.337 e. The molecule has 7 heteroatoms. The average molecular weight is 345 g/mol. The Balaban J connectivity index is 1.61. The normalized spacial score (nSPS) is 14.5. The first-order valence-corrected chi connectivity index (χ1v) is 8.69. The molecule has 1 fully saturated rings. The second-order valence-electron chi connectivity index (χ2n) is 5.29. The molecule has 0 spiro atoms. The van der Waals surface area contributed by atoms with Crippen molar-refractivity contribution in [2.75, 3.05) is 38.3 Å². The van der Waals surface area contributed by atoms with E-state index in [0.29, 0.717) is 5.56 Å². The van der Waals surface area contributed by atoms with Gasteiger partial charge in [-0.15, -0.1) is 11.8 Å². The lowest BCUT2D eigenvalue weighted by Crippen LogP contribution is -2.36. The number of carbonyl (C=O) groups excluding carboxylic acids is 1. The standard InChI is InChI=1S/C17H19N3O3S/c1-22-17(21)14-4-2-13(3-5-14)11-24-16-10-15(18-12-19-16)20-6-8-23-9-7-20/h2-5,10,12H,6-9,11H2,1H3. The van der Waals surface area contributed by atoms with Gasteiger partial charge in [-0.25, -0.2) is 14.8 Å². The highest BCUT2D eigenvalue weighted by Gasteiger charge is 2.13. The van der Waals surface area contributed by atoms with Gasteiger partial charge in [0.2, 0.25) is 0 Å². The second-order valence-corrected chi connectivity index (χ2v) is 6.29. The molecule has 1 aromatic carbocycles. The molecular weight excluding hydrogens is 326 g/mol. The number of esters is 1. The Labute approximate surface area is 145 Å². The van der Waals surface area contributed by atoms with Gasteiger partial charge in [0.1, 0.15) is 17.2 Å². The van der Waals surface area contributed by atoms with Crippen molar-refractivity contribution >= 4 is 23.5 Å². The smallest absolute Gasteiger partial charge is 0.337 e. The molecule has 0 atom stereocenters. The maximum atomic E-state index is 11.4.